The molecule has 9 heteroatoms. The van der Waals surface area contributed by atoms with E-state index in [2.05, 4.69) is 25.8 Å². The van der Waals surface area contributed by atoms with Crippen LogP contribution in [0.15, 0.2) is 59.6 Å². The van der Waals surface area contributed by atoms with Crippen LogP contribution in [-0.2, 0) is 6.18 Å². The molecule has 0 saturated carbocycles. The summed E-state index contributed by atoms with van der Waals surface area (Å²) in [5.41, 5.74) is 0.285. The number of carbonyl (C=O) groups excluding carboxylic acids is 1. The van der Waals surface area contributed by atoms with Gasteiger partial charge in [0.25, 0.3) is 0 Å². The molecule has 0 atom stereocenters. The molecule has 0 unspecified atom stereocenters. The van der Waals surface area contributed by atoms with Gasteiger partial charge in [-0.05, 0) is 30.3 Å². The molecule has 2 amide bonds. The highest BCUT2D eigenvalue weighted by Crippen LogP contribution is 2.30. The van der Waals surface area contributed by atoms with Crippen LogP contribution in [0.2, 0.25) is 0 Å². The van der Waals surface area contributed by atoms with Gasteiger partial charge in [-0.2, -0.15) is 13.2 Å². The summed E-state index contributed by atoms with van der Waals surface area (Å²) in [6.07, 6.45) is -4.45. The van der Waals surface area contributed by atoms with Crippen molar-refractivity contribution in [2.24, 2.45) is 4.99 Å². The summed E-state index contributed by atoms with van der Waals surface area (Å²) in [6, 6.07) is 13.8. The lowest BCUT2D eigenvalue weighted by Crippen LogP contribution is -2.40. The zero-order valence-electron chi connectivity index (χ0n) is 15.7. The minimum atomic E-state index is -4.45. The molecule has 2 aromatic rings. The quantitative estimate of drug-likeness (QED) is 0.659. The van der Waals surface area contributed by atoms with Gasteiger partial charge in [-0.1, -0.05) is 24.3 Å². The van der Waals surface area contributed by atoms with E-state index in [4.69, 9.17) is 0 Å². The van der Waals surface area contributed by atoms with Crippen molar-refractivity contribution < 1.29 is 18.0 Å². The highest BCUT2D eigenvalue weighted by molar-refractivity contribution is 5.89. The van der Waals surface area contributed by atoms with Gasteiger partial charge in [0.15, 0.2) is 0 Å². The van der Waals surface area contributed by atoms with E-state index in [9.17, 15) is 18.0 Å². The Morgan fingerprint density at radius 1 is 1.07 bits per heavy atom. The number of hydrogen-bond acceptors (Lipinski definition) is 4. The third kappa shape index (κ3) is 6.13. The highest BCUT2D eigenvalue weighted by atomic mass is 19.4. The summed E-state index contributed by atoms with van der Waals surface area (Å²) in [7, 11) is 0. The lowest BCUT2D eigenvalue weighted by Gasteiger charge is -2.21. The fourth-order valence-electron chi connectivity index (χ4n) is 2.93. The number of rotatable bonds is 7. The van der Waals surface area contributed by atoms with Crippen LogP contribution >= 0.6 is 0 Å². The number of amidine groups is 1. The molecule has 0 aliphatic carbocycles. The van der Waals surface area contributed by atoms with Crippen molar-refractivity contribution in [1.29, 1.82) is 0 Å². The molecule has 0 radical (unpaired) electrons. The van der Waals surface area contributed by atoms with E-state index in [-0.39, 0.29) is 5.69 Å². The first kappa shape index (κ1) is 20.5. The lowest BCUT2D eigenvalue weighted by atomic mass is 10.2. The van der Waals surface area contributed by atoms with Crippen molar-refractivity contribution in [1.82, 2.24) is 10.2 Å². The number of nitrogens with zero attached hydrogens (tertiary/aromatic N) is 2. The number of benzene rings is 2. The summed E-state index contributed by atoms with van der Waals surface area (Å²) in [5, 5.41) is 8.39. The Hall–Kier alpha value is -3.23. The molecule has 0 spiro atoms. The second-order valence-electron chi connectivity index (χ2n) is 6.46. The largest absolute Gasteiger partial charge is 0.416 e. The number of nitrogens with one attached hydrogen (secondary N) is 3. The maximum Gasteiger partial charge on any atom is 0.416 e. The molecule has 0 saturated heterocycles. The Kier molecular flexibility index (Phi) is 6.58. The van der Waals surface area contributed by atoms with Gasteiger partial charge in [0.2, 0.25) is 0 Å². The van der Waals surface area contributed by atoms with Crippen LogP contribution in [0.5, 0.6) is 0 Å². The van der Waals surface area contributed by atoms with Gasteiger partial charge in [-0.25, -0.2) is 4.79 Å². The number of halogens is 3. The average Bonchev–Trinajstić information content (AvgIpc) is 3.14. The van der Waals surface area contributed by atoms with Crippen LogP contribution in [0.25, 0.3) is 0 Å². The average molecular weight is 405 g/mol. The van der Waals surface area contributed by atoms with Gasteiger partial charge < -0.3 is 20.9 Å². The summed E-state index contributed by atoms with van der Waals surface area (Å²) >= 11 is 0. The molecule has 1 aliphatic heterocycles. The van der Waals surface area contributed by atoms with Gasteiger partial charge in [0.05, 0.1) is 18.7 Å². The first-order chi connectivity index (χ1) is 13.9. The molecule has 3 N–H and O–H groups in total. The van der Waals surface area contributed by atoms with E-state index in [1.807, 2.05) is 30.3 Å². The molecule has 0 fully saturated rings. The molecule has 154 valence electrons. The Bertz CT molecular complexity index is 855. The second kappa shape index (κ2) is 9.31. The SMILES string of the molecule is O=C(NCCN1CCN=C1CNc1ccccc1)Nc1cccc(C(F)(F)F)c1. The number of aliphatic imine (C=N–C) groups is 1. The Morgan fingerprint density at radius 3 is 2.59 bits per heavy atom. The number of para-hydroxylation sites is 1. The molecule has 0 aromatic heterocycles. The lowest BCUT2D eigenvalue weighted by molar-refractivity contribution is -0.137. The van der Waals surface area contributed by atoms with Crippen molar-refractivity contribution >= 4 is 23.2 Å². The Morgan fingerprint density at radius 2 is 1.83 bits per heavy atom. The second-order valence-corrected chi connectivity index (χ2v) is 6.46. The molecule has 6 nitrogen and oxygen atoms in total. The zero-order chi connectivity index (χ0) is 20.7. The molecule has 1 heterocycles. The number of alkyl halides is 3. The van der Waals surface area contributed by atoms with Gasteiger partial charge in [0, 0.05) is 31.0 Å². The van der Waals surface area contributed by atoms with Gasteiger partial charge in [-0.15, -0.1) is 0 Å². The summed E-state index contributed by atoms with van der Waals surface area (Å²) in [4.78, 5) is 18.5. The summed E-state index contributed by atoms with van der Waals surface area (Å²) in [6.45, 7) is 2.95. The maximum absolute atomic E-state index is 12.7. The maximum atomic E-state index is 12.7. The number of carbonyl (C=O) groups is 1. The van der Waals surface area contributed by atoms with E-state index < -0.39 is 17.8 Å². The van der Waals surface area contributed by atoms with Crippen LogP contribution in [0.4, 0.5) is 29.3 Å². The predicted octanol–water partition coefficient (Wildman–Crippen LogP) is 3.65. The number of anilines is 2. The number of amides is 2. The third-order valence-electron chi connectivity index (χ3n) is 4.37. The van der Waals surface area contributed by atoms with Crippen LogP contribution < -0.4 is 16.0 Å². The topological polar surface area (TPSA) is 68.8 Å². The minimum Gasteiger partial charge on any atom is -0.378 e. The van der Waals surface area contributed by atoms with E-state index in [1.165, 1.54) is 12.1 Å². The van der Waals surface area contributed by atoms with Crippen molar-refractivity contribution in [3.63, 3.8) is 0 Å². The van der Waals surface area contributed by atoms with Gasteiger partial charge >= 0.3 is 12.2 Å². The van der Waals surface area contributed by atoms with Crippen LogP contribution in [-0.4, -0.2) is 49.5 Å². The fourth-order valence-corrected chi connectivity index (χ4v) is 2.93. The van der Waals surface area contributed by atoms with Gasteiger partial charge in [0.1, 0.15) is 5.84 Å². The zero-order valence-corrected chi connectivity index (χ0v) is 15.7. The first-order valence-corrected chi connectivity index (χ1v) is 9.21. The normalized spacial score (nSPS) is 13.8. The van der Waals surface area contributed by atoms with E-state index in [0.717, 1.165) is 30.2 Å². The number of hydrogen-bond donors (Lipinski definition) is 3. The molecule has 29 heavy (non-hydrogen) atoms. The Labute approximate surface area is 166 Å². The molecule has 3 rings (SSSR count). The summed E-state index contributed by atoms with van der Waals surface area (Å²) < 4.78 is 38.2. The molecule has 0 bridgehead atoms. The first-order valence-electron chi connectivity index (χ1n) is 9.21. The van der Waals surface area contributed by atoms with E-state index >= 15 is 0 Å². The van der Waals surface area contributed by atoms with Crippen molar-refractivity contribution in [3.8, 4) is 0 Å². The third-order valence-corrected chi connectivity index (χ3v) is 4.37. The smallest absolute Gasteiger partial charge is 0.378 e. The Balaban J connectivity index is 1.42. The minimum absolute atomic E-state index is 0.0906. The fraction of sp³-hybridized carbons (Fsp3) is 0.300. The van der Waals surface area contributed by atoms with Crippen molar-refractivity contribution in [2.75, 3.05) is 43.4 Å². The van der Waals surface area contributed by atoms with Gasteiger partial charge in [-0.3, -0.25) is 4.99 Å². The molecular formula is C20H22F3N5O. The molecule has 2 aromatic carbocycles. The predicted molar refractivity (Wildman–Crippen MR) is 107 cm³/mol. The van der Waals surface area contributed by atoms with Crippen LogP contribution in [0.1, 0.15) is 5.56 Å². The molecular weight excluding hydrogens is 383 g/mol. The van der Waals surface area contributed by atoms with Crippen LogP contribution in [0.3, 0.4) is 0 Å². The standard InChI is InChI=1S/C20H22F3N5O/c21-20(22,23)15-5-4-8-17(13-15)27-19(29)25-10-12-28-11-9-24-18(28)14-26-16-6-2-1-3-7-16/h1-8,13,26H,9-12,14H2,(H2,25,27,29). The van der Waals surface area contributed by atoms with E-state index in [1.54, 1.807) is 0 Å². The van der Waals surface area contributed by atoms with Crippen molar-refractivity contribution in [2.45, 2.75) is 6.18 Å². The van der Waals surface area contributed by atoms with Crippen LogP contribution in [0, 0.1) is 0 Å². The number of urea groups is 1. The van der Waals surface area contributed by atoms with E-state index in [0.29, 0.717) is 26.2 Å². The molecule has 1 aliphatic rings. The summed E-state index contributed by atoms with van der Waals surface area (Å²) in [5.74, 6) is 0.911. The highest BCUT2D eigenvalue weighted by Gasteiger charge is 2.30. The van der Waals surface area contributed by atoms with Crippen molar-refractivity contribution in [3.05, 3.63) is 60.2 Å². The monoisotopic (exact) mass is 405 g/mol.